The van der Waals surface area contributed by atoms with E-state index < -0.39 is 0 Å². The van der Waals surface area contributed by atoms with Gasteiger partial charge in [-0.05, 0) is 39.8 Å². The van der Waals surface area contributed by atoms with Gasteiger partial charge >= 0.3 is 5.97 Å². The normalized spacial score (nSPS) is 20.2. The lowest BCUT2D eigenvalue weighted by Gasteiger charge is -2.22. The minimum atomic E-state index is -0.103. The van der Waals surface area contributed by atoms with Gasteiger partial charge in [-0.1, -0.05) is 6.92 Å². The molecule has 1 rings (SSSR count). The molecule has 4 heteroatoms. The highest BCUT2D eigenvalue weighted by molar-refractivity contribution is 5.72. The Bertz CT molecular complexity index is 227. The standard InChI is InChI=1S/C13H26N2O2/c1-4-17-13(16)11(2)9-14-12(3)10-15-7-5-6-8-15/h11-12,14H,4-10H2,1-3H3. The van der Waals surface area contributed by atoms with Crippen molar-refractivity contribution in [3.05, 3.63) is 0 Å². The molecular weight excluding hydrogens is 216 g/mol. The maximum absolute atomic E-state index is 11.4. The average Bonchev–Trinajstić information content (AvgIpc) is 2.79. The molecule has 1 aliphatic rings. The molecule has 1 fully saturated rings. The van der Waals surface area contributed by atoms with Crippen LogP contribution in [-0.4, -0.2) is 49.7 Å². The predicted molar refractivity (Wildman–Crippen MR) is 68.9 cm³/mol. The van der Waals surface area contributed by atoms with Gasteiger partial charge in [0.05, 0.1) is 12.5 Å². The largest absolute Gasteiger partial charge is 0.466 e. The van der Waals surface area contributed by atoms with Gasteiger partial charge in [0.2, 0.25) is 0 Å². The fourth-order valence-corrected chi connectivity index (χ4v) is 2.16. The molecule has 0 bridgehead atoms. The van der Waals surface area contributed by atoms with Gasteiger partial charge in [0, 0.05) is 19.1 Å². The summed E-state index contributed by atoms with van der Waals surface area (Å²) < 4.78 is 4.98. The summed E-state index contributed by atoms with van der Waals surface area (Å²) >= 11 is 0. The van der Waals surface area contributed by atoms with E-state index in [1.54, 1.807) is 0 Å². The van der Waals surface area contributed by atoms with Gasteiger partial charge in [-0.3, -0.25) is 4.79 Å². The molecule has 2 unspecified atom stereocenters. The zero-order chi connectivity index (χ0) is 12.7. The van der Waals surface area contributed by atoms with Crippen molar-refractivity contribution in [1.29, 1.82) is 0 Å². The second-order valence-corrected chi connectivity index (χ2v) is 4.97. The molecule has 0 radical (unpaired) electrons. The molecule has 0 spiro atoms. The van der Waals surface area contributed by atoms with Crippen molar-refractivity contribution in [2.75, 3.05) is 32.8 Å². The first-order valence-corrected chi connectivity index (χ1v) is 6.75. The molecule has 4 nitrogen and oxygen atoms in total. The number of likely N-dealkylation sites (tertiary alicyclic amines) is 1. The molecule has 0 aromatic rings. The van der Waals surface area contributed by atoms with Gasteiger partial charge in [0.25, 0.3) is 0 Å². The van der Waals surface area contributed by atoms with Crippen LogP contribution in [0.4, 0.5) is 0 Å². The van der Waals surface area contributed by atoms with Crippen molar-refractivity contribution in [2.45, 2.75) is 39.7 Å². The van der Waals surface area contributed by atoms with Crippen LogP contribution in [0, 0.1) is 5.92 Å². The summed E-state index contributed by atoms with van der Waals surface area (Å²) in [4.78, 5) is 13.9. The van der Waals surface area contributed by atoms with Crippen LogP contribution in [-0.2, 0) is 9.53 Å². The maximum atomic E-state index is 11.4. The number of carbonyl (C=O) groups is 1. The molecule has 0 saturated carbocycles. The third-order valence-electron chi connectivity index (χ3n) is 3.19. The number of rotatable bonds is 7. The van der Waals surface area contributed by atoms with Crippen molar-refractivity contribution in [1.82, 2.24) is 10.2 Å². The minimum Gasteiger partial charge on any atom is -0.466 e. The highest BCUT2D eigenvalue weighted by Crippen LogP contribution is 2.07. The fraction of sp³-hybridized carbons (Fsp3) is 0.923. The highest BCUT2D eigenvalue weighted by Gasteiger charge is 2.17. The summed E-state index contributed by atoms with van der Waals surface area (Å²) in [5.41, 5.74) is 0. The topological polar surface area (TPSA) is 41.6 Å². The van der Waals surface area contributed by atoms with Crippen LogP contribution in [0.1, 0.15) is 33.6 Å². The summed E-state index contributed by atoms with van der Waals surface area (Å²) in [6.45, 7) is 10.6. The van der Waals surface area contributed by atoms with Crippen LogP contribution in [0.3, 0.4) is 0 Å². The van der Waals surface area contributed by atoms with E-state index in [2.05, 4.69) is 17.1 Å². The number of nitrogens with one attached hydrogen (secondary N) is 1. The Kier molecular flexibility index (Phi) is 6.52. The van der Waals surface area contributed by atoms with E-state index in [4.69, 9.17) is 4.74 Å². The second kappa shape index (κ2) is 7.67. The Hall–Kier alpha value is -0.610. The molecule has 100 valence electrons. The van der Waals surface area contributed by atoms with E-state index in [0.29, 0.717) is 19.2 Å². The van der Waals surface area contributed by atoms with Crippen molar-refractivity contribution in [3.63, 3.8) is 0 Å². The lowest BCUT2D eigenvalue weighted by atomic mass is 10.1. The van der Waals surface area contributed by atoms with E-state index in [-0.39, 0.29) is 11.9 Å². The molecule has 2 atom stereocenters. The van der Waals surface area contributed by atoms with Crippen molar-refractivity contribution < 1.29 is 9.53 Å². The van der Waals surface area contributed by atoms with Gasteiger partial charge in [-0.15, -0.1) is 0 Å². The van der Waals surface area contributed by atoms with Gasteiger partial charge in [0.1, 0.15) is 0 Å². The third-order valence-corrected chi connectivity index (χ3v) is 3.19. The molecular formula is C13H26N2O2. The maximum Gasteiger partial charge on any atom is 0.309 e. The summed E-state index contributed by atoms with van der Waals surface area (Å²) in [7, 11) is 0. The Morgan fingerprint density at radius 1 is 1.35 bits per heavy atom. The fourth-order valence-electron chi connectivity index (χ4n) is 2.16. The van der Waals surface area contributed by atoms with Crippen molar-refractivity contribution in [3.8, 4) is 0 Å². The van der Waals surface area contributed by atoms with E-state index in [9.17, 15) is 4.79 Å². The van der Waals surface area contributed by atoms with E-state index in [0.717, 1.165) is 6.54 Å². The summed E-state index contributed by atoms with van der Waals surface area (Å²) in [6, 6.07) is 0.435. The Morgan fingerprint density at radius 3 is 2.59 bits per heavy atom. The molecule has 1 heterocycles. The molecule has 17 heavy (non-hydrogen) atoms. The van der Waals surface area contributed by atoms with Crippen LogP contribution in [0.15, 0.2) is 0 Å². The quantitative estimate of drug-likeness (QED) is 0.682. The lowest BCUT2D eigenvalue weighted by Crippen LogP contribution is -2.41. The Labute approximate surface area is 105 Å². The second-order valence-electron chi connectivity index (χ2n) is 4.97. The van der Waals surface area contributed by atoms with Crippen LogP contribution in [0.5, 0.6) is 0 Å². The SMILES string of the molecule is CCOC(=O)C(C)CNC(C)CN1CCCC1. The molecule has 0 aromatic heterocycles. The van der Waals surface area contributed by atoms with Gasteiger partial charge in [-0.25, -0.2) is 0 Å². The van der Waals surface area contributed by atoms with Crippen LogP contribution >= 0.6 is 0 Å². The molecule has 1 N–H and O–H groups in total. The summed E-state index contributed by atoms with van der Waals surface area (Å²) in [5.74, 6) is -0.163. The Morgan fingerprint density at radius 2 is 2.00 bits per heavy atom. The number of esters is 1. The van der Waals surface area contributed by atoms with Crippen molar-refractivity contribution in [2.24, 2.45) is 5.92 Å². The number of ether oxygens (including phenoxy) is 1. The van der Waals surface area contributed by atoms with Crippen LogP contribution in [0.25, 0.3) is 0 Å². The number of hydrogen-bond acceptors (Lipinski definition) is 4. The Balaban J connectivity index is 2.13. The molecule has 0 aromatic carbocycles. The number of carbonyl (C=O) groups excluding carboxylic acids is 1. The van der Waals surface area contributed by atoms with Gasteiger partial charge < -0.3 is 15.0 Å². The zero-order valence-corrected chi connectivity index (χ0v) is 11.4. The highest BCUT2D eigenvalue weighted by atomic mass is 16.5. The van der Waals surface area contributed by atoms with Crippen molar-refractivity contribution >= 4 is 5.97 Å². The predicted octanol–water partition coefficient (Wildman–Crippen LogP) is 1.26. The monoisotopic (exact) mass is 242 g/mol. The van der Waals surface area contributed by atoms with E-state index in [1.807, 2.05) is 13.8 Å². The number of hydrogen-bond donors (Lipinski definition) is 1. The molecule has 0 amide bonds. The molecule has 1 saturated heterocycles. The third kappa shape index (κ3) is 5.50. The zero-order valence-electron chi connectivity index (χ0n) is 11.4. The van der Waals surface area contributed by atoms with Gasteiger partial charge in [0.15, 0.2) is 0 Å². The summed E-state index contributed by atoms with van der Waals surface area (Å²) in [6.07, 6.45) is 2.65. The first-order chi connectivity index (χ1) is 8.13. The number of nitrogens with zero attached hydrogens (tertiary/aromatic N) is 1. The minimum absolute atomic E-state index is 0.0593. The first-order valence-electron chi connectivity index (χ1n) is 6.75. The lowest BCUT2D eigenvalue weighted by molar-refractivity contribution is -0.147. The van der Waals surface area contributed by atoms with Crippen LogP contribution in [0.2, 0.25) is 0 Å². The first kappa shape index (κ1) is 14.5. The van der Waals surface area contributed by atoms with E-state index in [1.165, 1.54) is 25.9 Å². The van der Waals surface area contributed by atoms with E-state index >= 15 is 0 Å². The average molecular weight is 242 g/mol. The van der Waals surface area contributed by atoms with Crippen LogP contribution < -0.4 is 5.32 Å². The molecule has 1 aliphatic heterocycles. The molecule has 0 aliphatic carbocycles. The van der Waals surface area contributed by atoms with Gasteiger partial charge in [-0.2, -0.15) is 0 Å². The smallest absolute Gasteiger partial charge is 0.309 e. The summed E-state index contributed by atoms with van der Waals surface area (Å²) in [5, 5.41) is 3.41.